The highest BCUT2D eigenvalue weighted by Crippen LogP contribution is 1.99. The molecule has 0 aromatic heterocycles. The summed E-state index contributed by atoms with van der Waals surface area (Å²) in [5, 5.41) is 2.35. The second kappa shape index (κ2) is 5.59. The van der Waals surface area contributed by atoms with Gasteiger partial charge in [-0.05, 0) is 5.56 Å². The molecule has 0 spiro atoms. The fourth-order valence-corrected chi connectivity index (χ4v) is 0.998. The summed E-state index contributed by atoms with van der Waals surface area (Å²) in [6.07, 6.45) is 3.59. The number of primary amides is 1. The highest BCUT2D eigenvalue weighted by Gasteiger charge is 2.04. The Balaban J connectivity index is 2.35. The molecule has 0 radical (unpaired) electrons. The zero-order chi connectivity index (χ0) is 11.1. The number of hydrogen-bond acceptors (Lipinski definition) is 2. The number of carbonyl (C=O) groups excluding carboxylic acids is 2. The summed E-state index contributed by atoms with van der Waals surface area (Å²) >= 11 is 0. The average molecular weight is 204 g/mol. The Morgan fingerprint density at radius 2 is 1.93 bits per heavy atom. The van der Waals surface area contributed by atoms with Gasteiger partial charge in [0.05, 0.1) is 0 Å². The molecule has 0 atom stereocenters. The van der Waals surface area contributed by atoms with Gasteiger partial charge in [0, 0.05) is 6.54 Å². The maximum atomic E-state index is 10.7. The molecule has 2 amide bonds. The molecule has 0 aliphatic carbocycles. The van der Waals surface area contributed by atoms with Crippen molar-refractivity contribution in [2.75, 3.05) is 6.54 Å². The fourth-order valence-electron chi connectivity index (χ4n) is 0.998. The Labute approximate surface area is 87.8 Å². The number of nitrogens with two attached hydrogens (primary N) is 1. The predicted octanol–water partition coefficient (Wildman–Crippen LogP) is 0.301. The first-order chi connectivity index (χ1) is 7.20. The first-order valence-corrected chi connectivity index (χ1v) is 4.49. The van der Waals surface area contributed by atoms with Crippen LogP contribution in [-0.2, 0) is 9.59 Å². The molecular formula is C11H12N2O2. The first-order valence-electron chi connectivity index (χ1n) is 4.49. The number of amides is 2. The third-order valence-corrected chi connectivity index (χ3v) is 1.71. The van der Waals surface area contributed by atoms with Gasteiger partial charge < -0.3 is 11.1 Å². The van der Waals surface area contributed by atoms with E-state index in [1.807, 2.05) is 36.4 Å². The van der Waals surface area contributed by atoms with Crippen LogP contribution in [0.2, 0.25) is 0 Å². The third kappa shape index (κ3) is 4.08. The zero-order valence-electron chi connectivity index (χ0n) is 8.14. The van der Waals surface area contributed by atoms with E-state index in [9.17, 15) is 9.59 Å². The van der Waals surface area contributed by atoms with E-state index < -0.39 is 11.8 Å². The fraction of sp³-hybridized carbons (Fsp3) is 0.0909. The molecule has 0 saturated heterocycles. The van der Waals surface area contributed by atoms with E-state index in [0.717, 1.165) is 5.56 Å². The maximum absolute atomic E-state index is 10.7. The highest BCUT2D eigenvalue weighted by atomic mass is 16.2. The van der Waals surface area contributed by atoms with Crippen LogP contribution in [0.15, 0.2) is 36.4 Å². The molecule has 0 heterocycles. The van der Waals surface area contributed by atoms with Crippen molar-refractivity contribution in [3.63, 3.8) is 0 Å². The van der Waals surface area contributed by atoms with Gasteiger partial charge in [-0.25, -0.2) is 0 Å². The van der Waals surface area contributed by atoms with Crippen molar-refractivity contribution < 1.29 is 9.59 Å². The molecular weight excluding hydrogens is 192 g/mol. The van der Waals surface area contributed by atoms with Crippen LogP contribution >= 0.6 is 0 Å². The molecule has 0 saturated carbocycles. The Morgan fingerprint density at radius 3 is 2.53 bits per heavy atom. The molecule has 4 nitrogen and oxygen atoms in total. The maximum Gasteiger partial charge on any atom is 0.309 e. The van der Waals surface area contributed by atoms with Crippen molar-refractivity contribution in [3.8, 4) is 0 Å². The Bertz CT molecular complexity index is 371. The van der Waals surface area contributed by atoms with Crippen LogP contribution in [0.3, 0.4) is 0 Å². The molecule has 78 valence electrons. The van der Waals surface area contributed by atoms with E-state index in [1.165, 1.54) is 0 Å². The molecule has 1 aromatic rings. The summed E-state index contributed by atoms with van der Waals surface area (Å²) in [5.41, 5.74) is 5.79. The van der Waals surface area contributed by atoms with Crippen molar-refractivity contribution >= 4 is 17.9 Å². The zero-order valence-corrected chi connectivity index (χ0v) is 8.14. The van der Waals surface area contributed by atoms with Crippen LogP contribution in [0.25, 0.3) is 6.08 Å². The molecule has 0 fully saturated rings. The average Bonchev–Trinajstić information content (AvgIpc) is 2.25. The molecule has 4 heteroatoms. The van der Waals surface area contributed by atoms with Crippen molar-refractivity contribution in [1.29, 1.82) is 0 Å². The lowest BCUT2D eigenvalue weighted by molar-refractivity contribution is -0.137. The molecule has 0 aliphatic rings. The second-order valence-corrected chi connectivity index (χ2v) is 2.89. The Kier molecular flexibility index (Phi) is 4.09. The quantitative estimate of drug-likeness (QED) is 0.695. The number of nitrogens with one attached hydrogen (secondary N) is 1. The number of benzene rings is 1. The van der Waals surface area contributed by atoms with Gasteiger partial charge in [0.15, 0.2) is 0 Å². The summed E-state index contributed by atoms with van der Waals surface area (Å²) in [6.45, 7) is 0.288. The molecule has 1 aromatic carbocycles. The smallest absolute Gasteiger partial charge is 0.309 e. The van der Waals surface area contributed by atoms with Crippen LogP contribution in [-0.4, -0.2) is 18.4 Å². The largest absolute Gasteiger partial charge is 0.361 e. The molecule has 0 unspecified atom stereocenters. The van der Waals surface area contributed by atoms with Gasteiger partial charge in [-0.1, -0.05) is 42.5 Å². The van der Waals surface area contributed by atoms with Crippen molar-refractivity contribution in [2.24, 2.45) is 5.73 Å². The number of rotatable bonds is 3. The van der Waals surface area contributed by atoms with Crippen molar-refractivity contribution in [2.45, 2.75) is 0 Å². The third-order valence-electron chi connectivity index (χ3n) is 1.71. The summed E-state index contributed by atoms with van der Waals surface area (Å²) in [5.74, 6) is -1.74. The summed E-state index contributed by atoms with van der Waals surface area (Å²) in [6, 6.07) is 9.63. The highest BCUT2D eigenvalue weighted by molar-refractivity contribution is 6.34. The van der Waals surface area contributed by atoms with E-state index in [1.54, 1.807) is 6.08 Å². The summed E-state index contributed by atoms with van der Waals surface area (Å²) in [7, 11) is 0. The number of carbonyl (C=O) groups is 2. The van der Waals surface area contributed by atoms with E-state index in [-0.39, 0.29) is 6.54 Å². The van der Waals surface area contributed by atoms with Gasteiger partial charge in [0.2, 0.25) is 0 Å². The van der Waals surface area contributed by atoms with Crippen molar-refractivity contribution in [3.05, 3.63) is 42.0 Å². The van der Waals surface area contributed by atoms with Crippen LogP contribution in [0, 0.1) is 0 Å². The Hall–Kier alpha value is -2.10. The van der Waals surface area contributed by atoms with Gasteiger partial charge in [0.25, 0.3) is 0 Å². The van der Waals surface area contributed by atoms with Gasteiger partial charge in [-0.15, -0.1) is 0 Å². The van der Waals surface area contributed by atoms with Gasteiger partial charge >= 0.3 is 11.8 Å². The minimum Gasteiger partial charge on any atom is -0.361 e. The van der Waals surface area contributed by atoms with E-state index in [2.05, 4.69) is 5.32 Å². The Morgan fingerprint density at radius 1 is 1.27 bits per heavy atom. The minimum atomic E-state index is -0.969. The lowest BCUT2D eigenvalue weighted by atomic mass is 10.2. The van der Waals surface area contributed by atoms with Crippen LogP contribution in [0.4, 0.5) is 0 Å². The molecule has 0 aliphatic heterocycles. The van der Waals surface area contributed by atoms with Crippen LogP contribution < -0.4 is 11.1 Å². The topological polar surface area (TPSA) is 72.2 Å². The summed E-state index contributed by atoms with van der Waals surface area (Å²) in [4.78, 5) is 21.1. The van der Waals surface area contributed by atoms with E-state index >= 15 is 0 Å². The molecule has 3 N–H and O–H groups in total. The van der Waals surface area contributed by atoms with E-state index in [0.29, 0.717) is 0 Å². The van der Waals surface area contributed by atoms with E-state index in [4.69, 9.17) is 5.73 Å². The van der Waals surface area contributed by atoms with Gasteiger partial charge in [-0.2, -0.15) is 0 Å². The first kappa shape index (κ1) is 11.0. The standard InChI is InChI=1S/C11H12N2O2/c12-10(14)11(15)13-8-4-7-9-5-2-1-3-6-9/h1-7H,8H2,(H2,12,14)(H,13,15). The minimum absolute atomic E-state index is 0.288. The lowest BCUT2D eigenvalue weighted by Crippen LogP contribution is -2.35. The SMILES string of the molecule is NC(=O)C(=O)NCC=Cc1ccccc1. The molecule has 1 rings (SSSR count). The second-order valence-electron chi connectivity index (χ2n) is 2.89. The van der Waals surface area contributed by atoms with Crippen molar-refractivity contribution in [1.82, 2.24) is 5.32 Å². The van der Waals surface area contributed by atoms with Crippen LogP contribution in [0.5, 0.6) is 0 Å². The number of hydrogen-bond donors (Lipinski definition) is 2. The lowest BCUT2D eigenvalue weighted by Gasteiger charge is -1.96. The van der Waals surface area contributed by atoms with Gasteiger partial charge in [0.1, 0.15) is 0 Å². The molecule has 15 heavy (non-hydrogen) atoms. The predicted molar refractivity (Wildman–Crippen MR) is 57.7 cm³/mol. The van der Waals surface area contributed by atoms with Gasteiger partial charge in [-0.3, -0.25) is 9.59 Å². The van der Waals surface area contributed by atoms with Crippen LogP contribution in [0.1, 0.15) is 5.56 Å². The summed E-state index contributed by atoms with van der Waals surface area (Å²) < 4.78 is 0. The monoisotopic (exact) mass is 204 g/mol. The molecule has 0 bridgehead atoms. The normalized spacial score (nSPS) is 10.1.